The van der Waals surface area contributed by atoms with E-state index in [0.29, 0.717) is 11.7 Å². The average molecular weight is 230 g/mol. The molecule has 0 bridgehead atoms. The lowest BCUT2D eigenvalue weighted by Crippen LogP contribution is -2.10. The lowest BCUT2D eigenvalue weighted by Gasteiger charge is -2.23. The van der Waals surface area contributed by atoms with E-state index in [2.05, 4.69) is 29.2 Å². The van der Waals surface area contributed by atoms with E-state index in [1.807, 2.05) is 5.38 Å². The van der Waals surface area contributed by atoms with Crippen LogP contribution in [-0.2, 0) is 6.42 Å². The topological polar surface area (TPSA) is 38.9 Å². The number of fused-ring (bicyclic) bond motifs is 1. The van der Waals surface area contributed by atoms with Crippen LogP contribution in [-0.4, -0.2) is 4.98 Å². The van der Waals surface area contributed by atoms with Gasteiger partial charge in [0.15, 0.2) is 0 Å². The summed E-state index contributed by atoms with van der Waals surface area (Å²) in [6, 6.07) is 8.71. The van der Waals surface area contributed by atoms with E-state index in [1.54, 1.807) is 11.3 Å². The van der Waals surface area contributed by atoms with Crippen LogP contribution >= 0.6 is 11.3 Å². The average Bonchev–Trinajstić information content (AvgIpc) is 2.75. The first kappa shape index (κ1) is 9.85. The molecule has 1 heterocycles. The molecule has 2 N–H and O–H groups in total. The number of nitrogen functional groups attached to an aromatic ring is 1. The Kier molecular flexibility index (Phi) is 2.40. The van der Waals surface area contributed by atoms with Crippen molar-refractivity contribution < 1.29 is 0 Å². The van der Waals surface area contributed by atoms with Crippen molar-refractivity contribution in [3.63, 3.8) is 0 Å². The van der Waals surface area contributed by atoms with E-state index in [-0.39, 0.29) is 0 Å². The molecule has 0 radical (unpaired) electrons. The van der Waals surface area contributed by atoms with Gasteiger partial charge in [-0.1, -0.05) is 24.3 Å². The molecule has 16 heavy (non-hydrogen) atoms. The van der Waals surface area contributed by atoms with Crippen LogP contribution in [0.3, 0.4) is 0 Å². The number of nitrogens with two attached hydrogens (primary N) is 1. The molecule has 2 aromatic rings. The summed E-state index contributed by atoms with van der Waals surface area (Å²) in [5.41, 5.74) is 8.63. The van der Waals surface area contributed by atoms with Gasteiger partial charge in [-0.15, -0.1) is 11.3 Å². The predicted octanol–water partition coefficient (Wildman–Crippen LogP) is 3.19. The Bertz CT molecular complexity index is 504. The first-order valence-electron chi connectivity index (χ1n) is 5.63. The Hall–Kier alpha value is -1.35. The quantitative estimate of drug-likeness (QED) is 0.817. The number of hydrogen-bond donors (Lipinski definition) is 1. The number of aromatic nitrogens is 1. The van der Waals surface area contributed by atoms with Crippen LogP contribution in [0.2, 0.25) is 0 Å². The van der Waals surface area contributed by atoms with Gasteiger partial charge in [0.1, 0.15) is 10.8 Å². The molecule has 82 valence electrons. The normalized spacial score (nSPS) is 19.4. The van der Waals surface area contributed by atoms with E-state index in [0.717, 1.165) is 0 Å². The minimum atomic E-state index is 0.465. The second-order valence-corrected chi connectivity index (χ2v) is 5.14. The second kappa shape index (κ2) is 3.91. The van der Waals surface area contributed by atoms with E-state index in [1.165, 1.54) is 35.4 Å². The monoisotopic (exact) mass is 230 g/mol. The van der Waals surface area contributed by atoms with Crippen molar-refractivity contribution >= 4 is 17.2 Å². The van der Waals surface area contributed by atoms with Gasteiger partial charge in [0, 0.05) is 11.3 Å². The lowest BCUT2D eigenvalue weighted by atomic mass is 9.83. The molecule has 1 unspecified atom stereocenters. The highest BCUT2D eigenvalue weighted by molar-refractivity contribution is 7.10. The molecule has 0 aliphatic heterocycles. The minimum Gasteiger partial charge on any atom is -0.383 e. The molecule has 1 aliphatic carbocycles. The van der Waals surface area contributed by atoms with Crippen molar-refractivity contribution in [2.75, 3.05) is 5.73 Å². The maximum absolute atomic E-state index is 5.70. The molecule has 0 saturated heterocycles. The standard InChI is InChI=1S/C13H14N2S/c14-12-8-16-13(15-12)11-7-3-5-9-4-1-2-6-10(9)11/h1-2,4,6,8,11H,3,5,7,14H2. The fourth-order valence-corrected chi connectivity index (χ4v) is 3.33. The van der Waals surface area contributed by atoms with Crippen molar-refractivity contribution in [3.8, 4) is 0 Å². The van der Waals surface area contributed by atoms with Crippen molar-refractivity contribution in [1.29, 1.82) is 0 Å². The fraction of sp³-hybridized carbons (Fsp3) is 0.308. The molecule has 1 aromatic heterocycles. The molecule has 1 aliphatic rings. The van der Waals surface area contributed by atoms with Crippen LogP contribution in [0.1, 0.15) is 34.9 Å². The molecule has 1 atom stereocenters. The Morgan fingerprint density at radius 3 is 3.00 bits per heavy atom. The molecular formula is C13H14N2S. The van der Waals surface area contributed by atoms with Gasteiger partial charge in [0.2, 0.25) is 0 Å². The largest absolute Gasteiger partial charge is 0.383 e. The highest BCUT2D eigenvalue weighted by atomic mass is 32.1. The third kappa shape index (κ3) is 1.61. The van der Waals surface area contributed by atoms with Crippen molar-refractivity contribution in [2.24, 2.45) is 0 Å². The number of nitrogens with zero attached hydrogens (tertiary/aromatic N) is 1. The minimum absolute atomic E-state index is 0.465. The van der Waals surface area contributed by atoms with Crippen LogP contribution in [0.4, 0.5) is 5.82 Å². The van der Waals surface area contributed by atoms with Gasteiger partial charge in [-0.2, -0.15) is 0 Å². The first-order chi connectivity index (χ1) is 7.84. The number of benzene rings is 1. The van der Waals surface area contributed by atoms with E-state index in [9.17, 15) is 0 Å². The zero-order chi connectivity index (χ0) is 11.0. The number of rotatable bonds is 1. The van der Waals surface area contributed by atoms with Gasteiger partial charge in [0.25, 0.3) is 0 Å². The summed E-state index contributed by atoms with van der Waals surface area (Å²) < 4.78 is 0. The van der Waals surface area contributed by atoms with Crippen molar-refractivity contribution in [3.05, 3.63) is 45.8 Å². The predicted molar refractivity (Wildman–Crippen MR) is 67.7 cm³/mol. The third-order valence-corrected chi connectivity index (χ3v) is 4.18. The van der Waals surface area contributed by atoms with Crippen LogP contribution in [0, 0.1) is 0 Å². The molecule has 3 heteroatoms. The van der Waals surface area contributed by atoms with Gasteiger partial charge in [-0.05, 0) is 30.4 Å². The zero-order valence-electron chi connectivity index (χ0n) is 9.02. The van der Waals surface area contributed by atoms with E-state index < -0.39 is 0 Å². The summed E-state index contributed by atoms with van der Waals surface area (Å²) in [6.07, 6.45) is 3.65. The van der Waals surface area contributed by atoms with Crippen LogP contribution in [0.25, 0.3) is 0 Å². The Morgan fingerprint density at radius 2 is 2.19 bits per heavy atom. The highest BCUT2D eigenvalue weighted by Crippen LogP contribution is 2.37. The van der Waals surface area contributed by atoms with Crippen LogP contribution in [0.5, 0.6) is 0 Å². The molecule has 0 saturated carbocycles. The third-order valence-electron chi connectivity index (χ3n) is 3.21. The maximum atomic E-state index is 5.70. The Balaban J connectivity index is 2.04. The van der Waals surface area contributed by atoms with Gasteiger partial charge < -0.3 is 5.73 Å². The van der Waals surface area contributed by atoms with Gasteiger partial charge in [-0.3, -0.25) is 0 Å². The SMILES string of the molecule is Nc1csc(C2CCCc3ccccc32)n1. The Morgan fingerprint density at radius 1 is 1.31 bits per heavy atom. The summed E-state index contributed by atoms with van der Waals surface area (Å²) in [5.74, 6) is 1.12. The molecule has 2 nitrogen and oxygen atoms in total. The number of anilines is 1. The summed E-state index contributed by atoms with van der Waals surface area (Å²) in [6.45, 7) is 0. The number of hydrogen-bond acceptors (Lipinski definition) is 3. The van der Waals surface area contributed by atoms with Crippen molar-refractivity contribution in [2.45, 2.75) is 25.2 Å². The van der Waals surface area contributed by atoms with Gasteiger partial charge in [0.05, 0.1) is 0 Å². The van der Waals surface area contributed by atoms with Gasteiger partial charge in [-0.25, -0.2) is 4.98 Å². The summed E-state index contributed by atoms with van der Waals surface area (Å²) >= 11 is 1.68. The number of aryl methyl sites for hydroxylation is 1. The fourth-order valence-electron chi connectivity index (χ4n) is 2.47. The molecule has 0 fully saturated rings. The van der Waals surface area contributed by atoms with Crippen LogP contribution in [0.15, 0.2) is 29.6 Å². The van der Waals surface area contributed by atoms with E-state index in [4.69, 9.17) is 5.73 Å². The molecular weight excluding hydrogens is 216 g/mol. The molecule has 0 spiro atoms. The summed E-state index contributed by atoms with van der Waals surface area (Å²) in [7, 11) is 0. The second-order valence-electron chi connectivity index (χ2n) is 4.25. The first-order valence-corrected chi connectivity index (χ1v) is 6.51. The Labute approximate surface area is 99.1 Å². The number of thiazole rings is 1. The van der Waals surface area contributed by atoms with E-state index >= 15 is 0 Å². The summed E-state index contributed by atoms with van der Waals surface area (Å²) in [5, 5.41) is 3.11. The van der Waals surface area contributed by atoms with Crippen molar-refractivity contribution in [1.82, 2.24) is 4.98 Å². The summed E-state index contributed by atoms with van der Waals surface area (Å²) in [4.78, 5) is 4.43. The smallest absolute Gasteiger partial charge is 0.134 e. The van der Waals surface area contributed by atoms with Gasteiger partial charge >= 0.3 is 0 Å². The highest BCUT2D eigenvalue weighted by Gasteiger charge is 2.23. The molecule has 0 amide bonds. The maximum Gasteiger partial charge on any atom is 0.134 e. The molecule has 3 rings (SSSR count). The van der Waals surface area contributed by atoms with Crippen LogP contribution < -0.4 is 5.73 Å². The lowest BCUT2D eigenvalue weighted by molar-refractivity contribution is 0.614. The zero-order valence-corrected chi connectivity index (χ0v) is 9.83. The molecule has 1 aromatic carbocycles.